The van der Waals surface area contributed by atoms with E-state index in [0.717, 1.165) is 12.1 Å². The molecule has 3 N–H and O–H groups in total. The Balaban J connectivity index is 3.24. The van der Waals surface area contributed by atoms with E-state index >= 15 is 0 Å². The summed E-state index contributed by atoms with van der Waals surface area (Å²) >= 11 is 0. The van der Waals surface area contributed by atoms with E-state index in [2.05, 4.69) is 9.32 Å². The molecule has 0 radical (unpaired) electrons. The van der Waals surface area contributed by atoms with Crippen LogP contribution in [-0.2, 0) is 15.1 Å². The Kier molecular flexibility index (Phi) is 4.26. The number of Topliss-reactive ketones (excluding diaryl/α,β-unsaturated/α-hetero) is 1. The Morgan fingerprint density at radius 2 is 2.16 bits per heavy atom. The van der Waals surface area contributed by atoms with Gasteiger partial charge in [0.1, 0.15) is 6.07 Å². The summed E-state index contributed by atoms with van der Waals surface area (Å²) in [5.41, 5.74) is 0.190. The quantitative estimate of drug-likeness (QED) is 0.609. The number of benzene rings is 1. The van der Waals surface area contributed by atoms with E-state index in [9.17, 15) is 18.3 Å². The average molecular weight is 282 g/mol. The highest BCUT2D eigenvalue weighted by molar-refractivity contribution is 7.84. The Bertz CT molecular complexity index is 686. The number of rotatable bonds is 4. The second kappa shape index (κ2) is 5.51. The molecule has 0 unspecified atom stereocenters. The largest absolute Gasteiger partial charge is 0.504 e. The van der Waals surface area contributed by atoms with Gasteiger partial charge in [-0.15, -0.1) is 0 Å². The van der Waals surface area contributed by atoms with Crippen molar-refractivity contribution < 1.29 is 22.5 Å². The third-order valence-corrected chi connectivity index (χ3v) is 2.41. The van der Waals surface area contributed by atoms with Crippen LogP contribution in [0.3, 0.4) is 0 Å². The summed E-state index contributed by atoms with van der Waals surface area (Å²) in [4.78, 5) is 11.1. The summed E-state index contributed by atoms with van der Waals surface area (Å²) in [6.45, 7) is 1.22. The maximum Gasteiger partial charge on any atom is 0.380 e. The number of phenols is 1. The fourth-order valence-electron chi connectivity index (χ4n) is 1.19. The van der Waals surface area contributed by atoms with Crippen LogP contribution in [0.25, 0.3) is 6.08 Å². The topological polar surface area (TPSA) is 130 Å². The van der Waals surface area contributed by atoms with Crippen molar-refractivity contribution in [3.63, 3.8) is 0 Å². The maximum atomic E-state index is 11.1. The van der Waals surface area contributed by atoms with Gasteiger partial charge in [-0.2, -0.15) is 18.8 Å². The first-order valence-corrected chi connectivity index (χ1v) is 6.38. The van der Waals surface area contributed by atoms with Gasteiger partial charge in [-0.3, -0.25) is 4.79 Å². The fraction of sp³-hybridized carbons (Fsp3) is 0.0909. The number of aromatic hydroxyl groups is 1. The number of nitrogens with zero attached hydrogens (tertiary/aromatic N) is 1. The molecule has 0 saturated carbocycles. The highest BCUT2D eigenvalue weighted by Gasteiger charge is 2.11. The van der Waals surface area contributed by atoms with Crippen molar-refractivity contribution in [2.24, 2.45) is 5.14 Å². The van der Waals surface area contributed by atoms with E-state index in [0.29, 0.717) is 5.56 Å². The number of nitrogens with two attached hydrogens (primary N) is 1. The van der Waals surface area contributed by atoms with Crippen LogP contribution in [0.5, 0.6) is 11.5 Å². The first kappa shape index (κ1) is 14.7. The zero-order chi connectivity index (χ0) is 14.6. The summed E-state index contributed by atoms with van der Waals surface area (Å²) in [5, 5.41) is 22.8. The van der Waals surface area contributed by atoms with Crippen LogP contribution in [-0.4, -0.2) is 19.3 Å². The van der Waals surface area contributed by atoms with E-state index in [-0.39, 0.29) is 5.57 Å². The predicted octanol–water partition coefficient (Wildman–Crippen LogP) is 0.470. The molecule has 7 nitrogen and oxygen atoms in total. The SMILES string of the molecule is CC(=O)/C(C#N)=C/c1ccc(O)c(OS(N)(=O)=O)c1. The number of hydrogen-bond donors (Lipinski definition) is 2. The smallest absolute Gasteiger partial charge is 0.380 e. The van der Waals surface area contributed by atoms with Crippen LogP contribution in [0.15, 0.2) is 23.8 Å². The first-order chi connectivity index (χ1) is 8.73. The zero-order valence-corrected chi connectivity index (χ0v) is 10.6. The molecule has 0 saturated heterocycles. The molecule has 100 valence electrons. The lowest BCUT2D eigenvalue weighted by Crippen LogP contribution is -2.19. The van der Waals surface area contributed by atoms with E-state index in [1.165, 1.54) is 19.1 Å². The molecule has 0 fully saturated rings. The third-order valence-electron chi connectivity index (χ3n) is 2.00. The Morgan fingerprint density at radius 3 is 2.63 bits per heavy atom. The van der Waals surface area contributed by atoms with Crippen molar-refractivity contribution in [1.82, 2.24) is 0 Å². The lowest BCUT2D eigenvalue weighted by atomic mass is 10.1. The summed E-state index contributed by atoms with van der Waals surface area (Å²) in [6, 6.07) is 5.37. The Morgan fingerprint density at radius 1 is 1.53 bits per heavy atom. The molecule has 0 aromatic heterocycles. The van der Waals surface area contributed by atoms with E-state index < -0.39 is 27.6 Å². The molecule has 0 spiro atoms. The molecule has 0 atom stereocenters. The molecular weight excluding hydrogens is 272 g/mol. The minimum absolute atomic E-state index is 0.118. The number of carbonyl (C=O) groups excluding carboxylic acids is 1. The number of nitriles is 1. The average Bonchev–Trinajstić information content (AvgIpc) is 2.27. The second-order valence-electron chi connectivity index (χ2n) is 3.53. The van der Waals surface area contributed by atoms with Crippen LogP contribution in [0, 0.1) is 11.3 Å². The predicted molar refractivity (Wildman–Crippen MR) is 66.1 cm³/mol. The zero-order valence-electron chi connectivity index (χ0n) is 9.82. The monoisotopic (exact) mass is 282 g/mol. The van der Waals surface area contributed by atoms with Gasteiger partial charge in [-0.05, 0) is 30.7 Å². The van der Waals surface area contributed by atoms with Gasteiger partial charge in [-0.25, -0.2) is 0 Å². The van der Waals surface area contributed by atoms with Gasteiger partial charge in [0.05, 0.1) is 5.57 Å². The molecule has 0 aliphatic rings. The van der Waals surface area contributed by atoms with Gasteiger partial charge in [0.2, 0.25) is 0 Å². The van der Waals surface area contributed by atoms with Gasteiger partial charge >= 0.3 is 10.3 Å². The number of carbonyl (C=O) groups is 1. The van der Waals surface area contributed by atoms with Crippen molar-refractivity contribution in [2.45, 2.75) is 6.92 Å². The van der Waals surface area contributed by atoms with Gasteiger partial charge < -0.3 is 9.29 Å². The normalized spacial score (nSPS) is 11.7. The molecule has 19 heavy (non-hydrogen) atoms. The number of phenolic OH excluding ortho intramolecular Hbond substituents is 1. The Labute approximate surface area is 109 Å². The summed E-state index contributed by atoms with van der Waals surface area (Å²) in [6.07, 6.45) is 1.23. The van der Waals surface area contributed by atoms with Gasteiger partial charge in [0.25, 0.3) is 0 Å². The van der Waals surface area contributed by atoms with Crippen LogP contribution < -0.4 is 9.32 Å². The van der Waals surface area contributed by atoms with Crippen molar-refractivity contribution in [1.29, 1.82) is 5.26 Å². The van der Waals surface area contributed by atoms with Gasteiger partial charge in [0.15, 0.2) is 17.3 Å². The summed E-state index contributed by atoms with van der Waals surface area (Å²) < 4.78 is 25.9. The maximum absolute atomic E-state index is 11.1. The molecule has 1 rings (SSSR count). The number of hydrogen-bond acceptors (Lipinski definition) is 6. The lowest BCUT2D eigenvalue weighted by Gasteiger charge is -2.05. The van der Waals surface area contributed by atoms with Crippen molar-refractivity contribution in [3.05, 3.63) is 29.3 Å². The fourth-order valence-corrected chi connectivity index (χ4v) is 1.58. The van der Waals surface area contributed by atoms with Crippen molar-refractivity contribution in [3.8, 4) is 17.6 Å². The minimum atomic E-state index is -4.28. The van der Waals surface area contributed by atoms with Crippen molar-refractivity contribution in [2.75, 3.05) is 0 Å². The van der Waals surface area contributed by atoms with Crippen LogP contribution in [0.2, 0.25) is 0 Å². The summed E-state index contributed by atoms with van der Waals surface area (Å²) in [5.74, 6) is -1.27. The molecule has 1 aromatic rings. The van der Waals surface area contributed by atoms with E-state index in [1.54, 1.807) is 6.07 Å². The lowest BCUT2D eigenvalue weighted by molar-refractivity contribution is -0.113. The van der Waals surface area contributed by atoms with Gasteiger partial charge in [0, 0.05) is 0 Å². The van der Waals surface area contributed by atoms with Crippen molar-refractivity contribution >= 4 is 22.2 Å². The minimum Gasteiger partial charge on any atom is -0.504 e. The van der Waals surface area contributed by atoms with E-state index in [1.807, 2.05) is 0 Å². The standard InChI is InChI=1S/C11H10N2O5S/c1-7(14)9(6-12)4-8-2-3-10(15)11(5-8)18-19(13,16)17/h2-5,15H,1H3,(H2,13,16,17)/b9-4+. The van der Waals surface area contributed by atoms with E-state index in [4.69, 9.17) is 5.26 Å². The molecule has 0 aliphatic heterocycles. The number of ketones is 1. The molecule has 0 aliphatic carbocycles. The van der Waals surface area contributed by atoms with Crippen LogP contribution in [0.4, 0.5) is 0 Å². The highest BCUT2D eigenvalue weighted by Crippen LogP contribution is 2.28. The molecule has 0 heterocycles. The second-order valence-corrected chi connectivity index (χ2v) is 4.68. The Hall–Kier alpha value is -2.37. The molecule has 8 heteroatoms. The molecule has 1 aromatic carbocycles. The third kappa shape index (κ3) is 4.42. The highest BCUT2D eigenvalue weighted by atomic mass is 32.2. The summed E-state index contributed by atoms with van der Waals surface area (Å²) in [7, 11) is -4.28. The van der Waals surface area contributed by atoms with Gasteiger partial charge in [-0.1, -0.05) is 6.07 Å². The first-order valence-electron chi connectivity index (χ1n) is 4.91. The molecule has 0 amide bonds. The molecule has 0 bridgehead atoms. The van der Waals surface area contributed by atoms with Crippen LogP contribution >= 0.6 is 0 Å². The number of allylic oxidation sites excluding steroid dienone is 1. The molecular formula is C11H10N2O5S. The van der Waals surface area contributed by atoms with Crippen LogP contribution in [0.1, 0.15) is 12.5 Å².